The number of rotatable bonds is 4. The Balaban J connectivity index is 1.37. The third kappa shape index (κ3) is 3.78. The van der Waals surface area contributed by atoms with Gasteiger partial charge in [0.1, 0.15) is 0 Å². The van der Waals surface area contributed by atoms with E-state index in [1.165, 1.54) is 5.56 Å². The number of nitrogens with one attached hydrogen (secondary N) is 1. The van der Waals surface area contributed by atoms with E-state index in [0.29, 0.717) is 0 Å². The maximum absolute atomic E-state index is 12.6. The van der Waals surface area contributed by atoms with E-state index < -0.39 is 0 Å². The van der Waals surface area contributed by atoms with E-state index in [9.17, 15) is 4.79 Å². The van der Waals surface area contributed by atoms with Crippen molar-refractivity contribution < 1.29 is 4.79 Å². The van der Waals surface area contributed by atoms with E-state index >= 15 is 0 Å². The largest absolute Gasteiger partial charge is 0.339 e. The van der Waals surface area contributed by atoms with Crippen LogP contribution < -0.4 is 0 Å². The zero-order valence-electron chi connectivity index (χ0n) is 14.9. The number of fused-ring (bicyclic) bond motifs is 1. The third-order valence-electron chi connectivity index (χ3n) is 5.01. The summed E-state index contributed by atoms with van der Waals surface area (Å²) in [5, 5.41) is 0.925. The van der Waals surface area contributed by atoms with E-state index in [1.54, 1.807) is 11.8 Å². The summed E-state index contributed by atoms with van der Waals surface area (Å²) in [6.45, 7) is 4.02. The topological polar surface area (TPSA) is 49.0 Å². The second kappa shape index (κ2) is 7.54. The normalized spacial score (nSPS) is 15.5. The fraction of sp³-hybridized carbons (Fsp3) is 0.333. The summed E-state index contributed by atoms with van der Waals surface area (Å²) in [6, 6.07) is 16.1. The predicted octanol–water partition coefficient (Wildman–Crippen LogP) is 4.73. The van der Waals surface area contributed by atoms with Crippen LogP contribution in [0.3, 0.4) is 0 Å². The molecule has 4 rings (SSSR count). The molecule has 1 N–H and O–H groups in total. The number of carbonyl (C=O) groups excluding carboxylic acids is 1. The van der Waals surface area contributed by atoms with Gasteiger partial charge in [0.25, 0.3) is 5.91 Å². The third-order valence-corrected chi connectivity index (χ3v) is 5.96. The molecular weight excluding hydrogens is 342 g/mol. The smallest absolute Gasteiger partial charge is 0.253 e. The molecule has 3 aromatic rings. The summed E-state index contributed by atoms with van der Waals surface area (Å²) in [4.78, 5) is 22.5. The van der Waals surface area contributed by atoms with Crippen molar-refractivity contribution >= 4 is 28.7 Å². The second-order valence-corrected chi connectivity index (χ2v) is 7.98. The first-order valence-electron chi connectivity index (χ1n) is 9.15. The van der Waals surface area contributed by atoms with E-state index in [1.807, 2.05) is 41.3 Å². The summed E-state index contributed by atoms with van der Waals surface area (Å²) in [7, 11) is 0. The molecule has 2 aromatic carbocycles. The molecule has 1 fully saturated rings. The number of H-pyrrole nitrogens is 1. The fourth-order valence-corrected chi connectivity index (χ4v) is 4.13. The van der Waals surface area contributed by atoms with Gasteiger partial charge in [-0.25, -0.2) is 4.98 Å². The number of piperidine rings is 1. The molecule has 1 aliphatic rings. The highest BCUT2D eigenvalue weighted by Crippen LogP contribution is 2.24. The van der Waals surface area contributed by atoms with Gasteiger partial charge >= 0.3 is 0 Å². The molecular formula is C21H23N3OS. The first-order valence-corrected chi connectivity index (χ1v) is 10.1. The van der Waals surface area contributed by atoms with E-state index in [-0.39, 0.29) is 5.91 Å². The average Bonchev–Trinajstić information content (AvgIpc) is 3.10. The minimum absolute atomic E-state index is 0.161. The highest BCUT2D eigenvalue weighted by molar-refractivity contribution is 7.98. The van der Waals surface area contributed by atoms with Crippen LogP contribution in [-0.4, -0.2) is 33.9 Å². The van der Waals surface area contributed by atoms with Gasteiger partial charge in [-0.2, -0.15) is 0 Å². The van der Waals surface area contributed by atoms with Gasteiger partial charge in [0, 0.05) is 24.4 Å². The minimum Gasteiger partial charge on any atom is -0.339 e. The summed E-state index contributed by atoms with van der Waals surface area (Å²) in [5.41, 5.74) is 4.04. The Kier molecular flexibility index (Phi) is 4.98. The Morgan fingerprint density at radius 1 is 1.15 bits per heavy atom. The molecule has 26 heavy (non-hydrogen) atoms. The van der Waals surface area contributed by atoms with Crippen molar-refractivity contribution in [3.63, 3.8) is 0 Å². The lowest BCUT2D eigenvalue weighted by Gasteiger charge is -2.30. The van der Waals surface area contributed by atoms with Crippen LogP contribution in [0.15, 0.2) is 53.7 Å². The van der Waals surface area contributed by atoms with Gasteiger partial charge in [-0.15, -0.1) is 0 Å². The maximum Gasteiger partial charge on any atom is 0.253 e. The monoisotopic (exact) mass is 365 g/mol. The number of benzene rings is 2. The van der Waals surface area contributed by atoms with Gasteiger partial charge in [-0.05, 0) is 48.6 Å². The van der Waals surface area contributed by atoms with Crippen molar-refractivity contribution in [3.8, 4) is 0 Å². The van der Waals surface area contributed by atoms with Crippen LogP contribution in [0.2, 0.25) is 0 Å². The molecule has 0 bridgehead atoms. The van der Waals surface area contributed by atoms with Gasteiger partial charge in [0.15, 0.2) is 5.16 Å². The van der Waals surface area contributed by atoms with Crippen molar-refractivity contribution in [3.05, 3.63) is 59.7 Å². The highest BCUT2D eigenvalue weighted by atomic mass is 32.2. The number of nitrogens with zero attached hydrogens (tertiary/aromatic N) is 2. The average molecular weight is 366 g/mol. The second-order valence-electron chi connectivity index (χ2n) is 7.02. The molecule has 1 aliphatic heterocycles. The molecule has 5 heteroatoms. The molecule has 1 saturated heterocycles. The lowest BCUT2D eigenvalue weighted by Crippen LogP contribution is -2.37. The lowest BCUT2D eigenvalue weighted by atomic mass is 9.98. The van der Waals surface area contributed by atoms with Crippen LogP contribution in [-0.2, 0) is 5.75 Å². The number of hydrogen-bond donors (Lipinski definition) is 1. The number of carbonyl (C=O) groups is 1. The maximum atomic E-state index is 12.6. The molecule has 0 radical (unpaired) electrons. The Hall–Kier alpha value is -2.27. The number of aromatic amines is 1. The van der Waals surface area contributed by atoms with Gasteiger partial charge in [-0.1, -0.05) is 43.0 Å². The first-order chi connectivity index (χ1) is 12.7. The fourth-order valence-electron chi connectivity index (χ4n) is 3.29. The Morgan fingerprint density at radius 3 is 2.62 bits per heavy atom. The Bertz CT molecular complexity index is 862. The molecule has 2 heterocycles. The number of aromatic nitrogens is 2. The number of para-hydroxylation sites is 2. The van der Waals surface area contributed by atoms with Crippen LogP contribution >= 0.6 is 11.8 Å². The predicted molar refractivity (Wildman–Crippen MR) is 106 cm³/mol. The van der Waals surface area contributed by atoms with Gasteiger partial charge < -0.3 is 9.88 Å². The Morgan fingerprint density at radius 2 is 1.88 bits per heavy atom. The molecule has 4 nitrogen and oxygen atoms in total. The number of thioether (sulfide) groups is 1. The SMILES string of the molecule is CC1CCN(C(=O)c2ccc(CSc3nc4ccccc4[nH]3)cc2)CC1. The Labute approximate surface area is 158 Å². The summed E-state index contributed by atoms with van der Waals surface area (Å²) in [6.07, 6.45) is 2.22. The van der Waals surface area contributed by atoms with Crippen LogP contribution in [0.1, 0.15) is 35.7 Å². The van der Waals surface area contributed by atoms with Crippen LogP contribution in [0.4, 0.5) is 0 Å². The molecule has 0 unspecified atom stereocenters. The standard InChI is InChI=1S/C21H23N3OS/c1-15-10-12-24(13-11-15)20(25)17-8-6-16(7-9-17)14-26-21-22-18-4-2-3-5-19(18)23-21/h2-9,15H,10-14H2,1H3,(H,22,23). The summed E-state index contributed by atoms with van der Waals surface area (Å²) in [5.74, 6) is 1.72. The number of likely N-dealkylation sites (tertiary alicyclic amines) is 1. The molecule has 1 aromatic heterocycles. The molecule has 0 aliphatic carbocycles. The van der Waals surface area contributed by atoms with Crippen molar-refractivity contribution in [2.75, 3.05) is 13.1 Å². The van der Waals surface area contributed by atoms with Gasteiger partial charge in [0.05, 0.1) is 11.0 Å². The van der Waals surface area contributed by atoms with Crippen molar-refractivity contribution in [2.24, 2.45) is 5.92 Å². The van der Waals surface area contributed by atoms with Crippen LogP contribution in [0.5, 0.6) is 0 Å². The van der Waals surface area contributed by atoms with E-state index in [2.05, 4.69) is 29.0 Å². The van der Waals surface area contributed by atoms with Crippen molar-refractivity contribution in [1.82, 2.24) is 14.9 Å². The molecule has 134 valence electrons. The zero-order valence-corrected chi connectivity index (χ0v) is 15.8. The molecule has 0 saturated carbocycles. The first kappa shape index (κ1) is 17.2. The molecule has 0 spiro atoms. The van der Waals surface area contributed by atoms with Crippen LogP contribution in [0, 0.1) is 5.92 Å². The minimum atomic E-state index is 0.161. The number of hydrogen-bond acceptors (Lipinski definition) is 3. The van der Waals surface area contributed by atoms with E-state index in [4.69, 9.17) is 0 Å². The zero-order chi connectivity index (χ0) is 17.9. The lowest BCUT2D eigenvalue weighted by molar-refractivity contribution is 0.0697. The number of imidazole rings is 1. The summed E-state index contributed by atoms with van der Waals surface area (Å²) >= 11 is 1.68. The van der Waals surface area contributed by atoms with Gasteiger partial charge in [-0.3, -0.25) is 4.79 Å². The number of amides is 1. The molecule has 1 amide bonds. The van der Waals surface area contributed by atoms with Crippen molar-refractivity contribution in [2.45, 2.75) is 30.7 Å². The highest BCUT2D eigenvalue weighted by Gasteiger charge is 2.21. The van der Waals surface area contributed by atoms with Crippen LogP contribution in [0.25, 0.3) is 11.0 Å². The van der Waals surface area contributed by atoms with Crippen molar-refractivity contribution in [1.29, 1.82) is 0 Å². The van der Waals surface area contributed by atoms with E-state index in [0.717, 1.165) is 59.4 Å². The summed E-state index contributed by atoms with van der Waals surface area (Å²) < 4.78 is 0. The molecule has 0 atom stereocenters. The van der Waals surface area contributed by atoms with Gasteiger partial charge in [0.2, 0.25) is 0 Å². The quantitative estimate of drug-likeness (QED) is 0.680.